The number of carbonyl (C=O) groups is 5. The fraction of sp³-hybridized carbons (Fsp3) is 0.667. The fourth-order valence-corrected chi connectivity index (χ4v) is 6.34. The highest BCUT2D eigenvalue weighted by atomic mass is 16.6. The van der Waals surface area contributed by atoms with Crippen molar-refractivity contribution in [1.82, 2.24) is 15.5 Å². The fourth-order valence-electron chi connectivity index (χ4n) is 6.34. The molecule has 2 aromatic carbocycles. The number of nitrogens with one attached hydrogen (secondary N) is 2. The number of imide groups is 1. The van der Waals surface area contributed by atoms with Crippen LogP contribution in [0.5, 0.6) is 5.75 Å². The Morgan fingerprint density at radius 2 is 0.878 bits per heavy atom. The second-order valence-electron chi connectivity index (χ2n) is 17.0. The Bertz CT molecular complexity index is 1800. The number of rotatable bonds is 47. The zero-order valence-corrected chi connectivity index (χ0v) is 43.4. The summed E-state index contributed by atoms with van der Waals surface area (Å²) in [5.41, 5.74) is 0.969. The van der Waals surface area contributed by atoms with Crippen molar-refractivity contribution >= 4 is 29.8 Å². The zero-order chi connectivity index (χ0) is 53.3. The van der Waals surface area contributed by atoms with Gasteiger partial charge < -0.3 is 82.1 Å². The maximum atomic E-state index is 12.4. The van der Waals surface area contributed by atoms with Crippen molar-refractivity contribution in [3.63, 3.8) is 0 Å². The number of ether oxygens (including phenoxy) is 14. The van der Waals surface area contributed by atoms with Crippen LogP contribution >= 0.6 is 0 Å². The third kappa shape index (κ3) is 31.1. The third-order valence-electron chi connectivity index (χ3n) is 9.94. The van der Waals surface area contributed by atoms with E-state index in [4.69, 9.17) is 66.3 Å². The molecule has 418 valence electrons. The molecule has 1 aliphatic rings. The van der Waals surface area contributed by atoms with Gasteiger partial charge in [0.25, 0.3) is 11.8 Å². The lowest BCUT2D eigenvalue weighted by molar-refractivity contribution is -0.142. The van der Waals surface area contributed by atoms with E-state index in [1.165, 1.54) is 4.90 Å². The quantitative estimate of drug-likeness (QED) is 0.0636. The van der Waals surface area contributed by atoms with Crippen LogP contribution in [0.3, 0.4) is 0 Å². The molecule has 0 saturated carbocycles. The van der Waals surface area contributed by atoms with E-state index in [1.807, 2.05) is 0 Å². The van der Waals surface area contributed by atoms with Gasteiger partial charge in [0.1, 0.15) is 24.0 Å². The van der Waals surface area contributed by atoms with Gasteiger partial charge in [-0.15, -0.1) is 0 Å². The Labute approximate surface area is 434 Å². The summed E-state index contributed by atoms with van der Waals surface area (Å²) >= 11 is 0. The van der Waals surface area contributed by atoms with E-state index in [1.54, 1.807) is 69.3 Å². The predicted octanol–water partition coefficient (Wildman–Crippen LogP) is 2.59. The lowest BCUT2D eigenvalue weighted by Gasteiger charge is -2.19. The van der Waals surface area contributed by atoms with E-state index in [-0.39, 0.29) is 64.2 Å². The molecular formula is C51H79N3O20. The predicted molar refractivity (Wildman–Crippen MR) is 266 cm³/mol. The Kier molecular flexibility index (Phi) is 34.6. The van der Waals surface area contributed by atoms with E-state index in [0.29, 0.717) is 161 Å². The Balaban J connectivity index is 0.951. The van der Waals surface area contributed by atoms with Gasteiger partial charge in [-0.05, 0) is 50.6 Å². The monoisotopic (exact) mass is 1050 g/mol. The first-order valence-corrected chi connectivity index (χ1v) is 25.0. The minimum Gasteiger partial charge on any atom is -0.492 e. The SMILES string of the molecule is CC(C)(C)OC(=O)NCCOc1ccc(C[C@H](NC(=O)CCOCCOCCOCCOCCOCCOCCOCCOCCOCCOCCOCCOCCN2C(=O)c3ccccc3C2=O)C(=O)O)cc1. The highest BCUT2D eigenvalue weighted by Crippen LogP contribution is 2.22. The third-order valence-corrected chi connectivity index (χ3v) is 9.94. The molecule has 0 aromatic heterocycles. The molecule has 1 atom stereocenters. The van der Waals surface area contributed by atoms with Crippen LogP contribution in [-0.2, 0) is 77.6 Å². The van der Waals surface area contributed by atoms with E-state index in [9.17, 15) is 29.1 Å². The van der Waals surface area contributed by atoms with Crippen molar-refractivity contribution in [3.8, 4) is 5.75 Å². The minimum absolute atomic E-state index is 0.00111. The molecule has 0 fully saturated rings. The molecule has 0 bridgehead atoms. The molecule has 2 aromatic rings. The summed E-state index contributed by atoms with van der Waals surface area (Å²) < 4.78 is 76.7. The maximum Gasteiger partial charge on any atom is 0.407 e. The number of benzene rings is 2. The molecular weight excluding hydrogens is 975 g/mol. The lowest BCUT2D eigenvalue weighted by atomic mass is 10.1. The van der Waals surface area contributed by atoms with Crippen LogP contribution in [0.25, 0.3) is 0 Å². The number of amides is 4. The average molecular weight is 1050 g/mol. The van der Waals surface area contributed by atoms with Gasteiger partial charge in [0.05, 0.1) is 183 Å². The van der Waals surface area contributed by atoms with Crippen LogP contribution in [-0.4, -0.2) is 230 Å². The largest absolute Gasteiger partial charge is 0.492 e. The Hall–Kier alpha value is -4.89. The summed E-state index contributed by atoms with van der Waals surface area (Å²) in [5, 5.41) is 14.8. The van der Waals surface area contributed by atoms with E-state index in [2.05, 4.69) is 10.6 Å². The number of aliphatic carboxylic acids is 1. The number of alkyl carbamates (subject to hydrolysis) is 1. The molecule has 4 amide bonds. The topological polar surface area (TPSA) is 262 Å². The summed E-state index contributed by atoms with van der Waals surface area (Å²) in [5.74, 6) is -1.62. The Morgan fingerprint density at radius 1 is 0.514 bits per heavy atom. The number of nitrogens with zero attached hydrogens (tertiary/aromatic N) is 1. The minimum atomic E-state index is -1.15. The van der Waals surface area contributed by atoms with Gasteiger partial charge in [-0.3, -0.25) is 19.3 Å². The van der Waals surface area contributed by atoms with Gasteiger partial charge >= 0.3 is 12.1 Å². The van der Waals surface area contributed by atoms with Crippen molar-refractivity contribution in [2.45, 2.75) is 45.3 Å². The van der Waals surface area contributed by atoms with Crippen LogP contribution in [0.15, 0.2) is 48.5 Å². The molecule has 3 rings (SSSR count). The highest BCUT2D eigenvalue weighted by molar-refractivity contribution is 6.21. The Morgan fingerprint density at radius 3 is 1.24 bits per heavy atom. The van der Waals surface area contributed by atoms with Gasteiger partial charge in [0, 0.05) is 12.8 Å². The van der Waals surface area contributed by atoms with Gasteiger partial charge in [-0.1, -0.05) is 24.3 Å². The van der Waals surface area contributed by atoms with Gasteiger partial charge in [0.15, 0.2) is 0 Å². The highest BCUT2D eigenvalue weighted by Gasteiger charge is 2.34. The molecule has 3 N–H and O–H groups in total. The van der Waals surface area contributed by atoms with Crippen LogP contribution in [0.2, 0.25) is 0 Å². The number of hydrogen-bond donors (Lipinski definition) is 3. The standard InChI is InChI=1S/C51H79N3O20/c1-51(2,3)74-50(60)52-13-16-73-42-10-8-41(9-11-42)40-45(49(58)59)53-46(55)12-15-61-18-20-63-22-24-65-26-28-67-30-32-69-34-36-71-38-39-72-37-35-70-33-31-68-29-27-66-25-23-64-21-19-62-17-14-54-47(56)43-6-4-5-7-44(43)48(54)57/h4-11,45H,12-40H2,1-3H3,(H,52,60)(H,53,55)(H,58,59)/t45-/m0/s1. The van der Waals surface area contributed by atoms with E-state index in [0.717, 1.165) is 0 Å². The van der Waals surface area contributed by atoms with Gasteiger partial charge in [-0.2, -0.15) is 0 Å². The summed E-state index contributed by atoms with van der Waals surface area (Å²) in [6.45, 7) is 15.4. The molecule has 0 aliphatic carbocycles. The van der Waals surface area contributed by atoms with Crippen molar-refractivity contribution in [2.24, 2.45) is 0 Å². The van der Waals surface area contributed by atoms with Crippen LogP contribution < -0.4 is 15.4 Å². The molecule has 23 heteroatoms. The second kappa shape index (κ2) is 40.4. The van der Waals surface area contributed by atoms with Crippen molar-refractivity contribution in [2.75, 3.05) is 178 Å². The molecule has 0 radical (unpaired) electrons. The number of carboxylic acid groups (broad SMARTS) is 1. The van der Waals surface area contributed by atoms with Crippen LogP contribution in [0, 0.1) is 0 Å². The second-order valence-corrected chi connectivity index (χ2v) is 17.0. The van der Waals surface area contributed by atoms with Crippen LogP contribution in [0.4, 0.5) is 4.79 Å². The molecule has 0 unspecified atom stereocenters. The maximum absolute atomic E-state index is 12.4. The van der Waals surface area contributed by atoms with E-state index >= 15 is 0 Å². The summed E-state index contributed by atoms with van der Waals surface area (Å²) in [4.78, 5) is 61.8. The molecule has 0 spiro atoms. The van der Waals surface area contributed by atoms with Gasteiger partial charge in [-0.25, -0.2) is 9.59 Å². The average Bonchev–Trinajstić information content (AvgIpc) is 3.61. The smallest absolute Gasteiger partial charge is 0.407 e. The molecule has 0 saturated heterocycles. The first kappa shape index (κ1) is 63.4. The summed E-state index contributed by atoms with van der Waals surface area (Å²) in [6, 6.07) is 12.5. The van der Waals surface area contributed by atoms with Gasteiger partial charge in [0.2, 0.25) is 5.91 Å². The molecule has 1 aliphatic heterocycles. The lowest BCUT2D eigenvalue weighted by Crippen LogP contribution is -2.42. The van der Waals surface area contributed by atoms with Crippen molar-refractivity contribution in [1.29, 1.82) is 0 Å². The first-order valence-electron chi connectivity index (χ1n) is 25.0. The van der Waals surface area contributed by atoms with Crippen molar-refractivity contribution < 1.29 is 95.4 Å². The van der Waals surface area contributed by atoms with Crippen molar-refractivity contribution in [3.05, 3.63) is 65.2 Å². The van der Waals surface area contributed by atoms with Crippen LogP contribution in [0.1, 0.15) is 53.5 Å². The number of fused-ring (bicyclic) bond motifs is 1. The van der Waals surface area contributed by atoms with E-state index < -0.39 is 29.6 Å². The summed E-state index contributed by atoms with van der Waals surface area (Å²) in [6.07, 6.45) is -0.446. The first-order chi connectivity index (χ1) is 35.9. The normalized spacial score (nSPS) is 12.8. The molecule has 23 nitrogen and oxygen atoms in total. The number of carboxylic acids is 1. The zero-order valence-electron chi connectivity index (χ0n) is 43.4. The summed E-state index contributed by atoms with van der Waals surface area (Å²) in [7, 11) is 0. The number of hydrogen-bond acceptors (Lipinski definition) is 19. The number of carbonyl (C=O) groups excluding carboxylic acids is 4. The molecule has 74 heavy (non-hydrogen) atoms. The molecule has 1 heterocycles.